The van der Waals surface area contributed by atoms with E-state index in [1.807, 2.05) is 6.08 Å². The maximum atomic E-state index is 13.4. The number of esters is 1. The Morgan fingerprint density at radius 1 is 0.527 bits per heavy atom. The van der Waals surface area contributed by atoms with Gasteiger partial charge in [-0.2, -0.15) is 0 Å². The molecule has 1 saturated heterocycles. The molecule has 6 N–H and O–H groups in total. The minimum Gasteiger partial charge on any atom is -0.454 e. The average molecular weight is 1040 g/mol. The first kappa shape index (κ1) is 69.4. The molecule has 0 spiro atoms. The van der Waals surface area contributed by atoms with Crippen molar-refractivity contribution in [3.63, 3.8) is 0 Å². The molecule has 11 heteroatoms. The summed E-state index contributed by atoms with van der Waals surface area (Å²) >= 11 is 0. The van der Waals surface area contributed by atoms with Crippen molar-refractivity contribution in [3.8, 4) is 0 Å². The number of amides is 1. The van der Waals surface area contributed by atoms with E-state index in [0.29, 0.717) is 12.8 Å². The second kappa shape index (κ2) is 51.1. The Kier molecular flexibility index (Phi) is 47.9. The molecule has 0 aromatic heterocycles. The van der Waals surface area contributed by atoms with Gasteiger partial charge in [-0.3, -0.25) is 9.59 Å². The zero-order chi connectivity index (χ0) is 54.0. The SMILES string of the molecule is CCCCC/C=C\C/C=C\C/C=C\CCCCCCCC(O)C(=O)NC(COC1OC(CO)C(O)C(O)C1OC(=O)CCCCCCCCC/C=C\CCCCCC)C(O)/C=C/CCCCCCCCCCCC. The Labute approximate surface area is 452 Å². The van der Waals surface area contributed by atoms with Gasteiger partial charge in [0.15, 0.2) is 12.4 Å². The Morgan fingerprint density at radius 2 is 0.932 bits per heavy atom. The van der Waals surface area contributed by atoms with Crippen molar-refractivity contribution in [2.45, 2.75) is 314 Å². The van der Waals surface area contributed by atoms with Gasteiger partial charge in [-0.1, -0.05) is 229 Å². The summed E-state index contributed by atoms with van der Waals surface area (Å²) in [6.07, 6.45) is 52.5. The number of carbonyl (C=O) groups excluding carboxylic acids is 2. The highest BCUT2D eigenvalue weighted by Crippen LogP contribution is 2.26. The average Bonchev–Trinajstić information content (AvgIpc) is 3.40. The number of nitrogens with one attached hydrogen (secondary N) is 1. The lowest BCUT2D eigenvalue weighted by Gasteiger charge is -2.41. The van der Waals surface area contributed by atoms with Crippen molar-refractivity contribution in [1.82, 2.24) is 5.32 Å². The number of ether oxygens (including phenoxy) is 3. The van der Waals surface area contributed by atoms with E-state index in [9.17, 15) is 35.1 Å². The van der Waals surface area contributed by atoms with Crippen LogP contribution in [-0.2, 0) is 23.8 Å². The van der Waals surface area contributed by atoms with Crippen LogP contribution in [0.25, 0.3) is 0 Å². The quantitative estimate of drug-likeness (QED) is 0.0195. The molecule has 11 nitrogen and oxygen atoms in total. The van der Waals surface area contributed by atoms with Crippen LogP contribution in [0.2, 0.25) is 0 Å². The van der Waals surface area contributed by atoms with Crippen LogP contribution in [0.5, 0.6) is 0 Å². The van der Waals surface area contributed by atoms with Crippen molar-refractivity contribution in [2.75, 3.05) is 13.2 Å². The third kappa shape index (κ3) is 38.8. The Bertz CT molecular complexity index is 1430. The van der Waals surface area contributed by atoms with E-state index in [2.05, 4.69) is 74.7 Å². The molecule has 0 aromatic carbocycles. The number of carbonyl (C=O) groups is 2. The summed E-state index contributed by atoms with van der Waals surface area (Å²) in [7, 11) is 0. The summed E-state index contributed by atoms with van der Waals surface area (Å²) in [5, 5.41) is 56.9. The van der Waals surface area contributed by atoms with Crippen molar-refractivity contribution in [3.05, 3.63) is 60.8 Å². The molecule has 1 aliphatic heterocycles. The number of unbranched alkanes of at least 4 members (excludes halogenated alkanes) is 29. The predicted molar refractivity (Wildman–Crippen MR) is 306 cm³/mol. The summed E-state index contributed by atoms with van der Waals surface area (Å²) in [5.41, 5.74) is 0. The van der Waals surface area contributed by atoms with Gasteiger partial charge in [0.05, 0.1) is 25.4 Å². The van der Waals surface area contributed by atoms with E-state index in [-0.39, 0.29) is 19.4 Å². The summed E-state index contributed by atoms with van der Waals surface area (Å²) < 4.78 is 17.6. The second-order valence-electron chi connectivity index (χ2n) is 21.1. The summed E-state index contributed by atoms with van der Waals surface area (Å²) in [5.74, 6) is -1.21. The molecule has 430 valence electrons. The first-order chi connectivity index (χ1) is 36.2. The fourth-order valence-electron chi connectivity index (χ4n) is 9.24. The minimum absolute atomic E-state index is 0.116. The fraction of sp³-hybridized carbons (Fsp3) is 0.810. The van der Waals surface area contributed by atoms with Crippen LogP contribution in [0.1, 0.15) is 265 Å². The molecule has 0 aliphatic carbocycles. The number of aliphatic hydroxyl groups excluding tert-OH is 5. The van der Waals surface area contributed by atoms with Crippen molar-refractivity contribution >= 4 is 11.9 Å². The molecule has 0 saturated carbocycles. The van der Waals surface area contributed by atoms with Gasteiger partial charge in [0.1, 0.15) is 24.4 Å². The van der Waals surface area contributed by atoms with Crippen molar-refractivity contribution in [2.24, 2.45) is 0 Å². The maximum Gasteiger partial charge on any atom is 0.306 e. The zero-order valence-electron chi connectivity index (χ0n) is 47.5. The first-order valence-electron chi connectivity index (χ1n) is 30.6. The summed E-state index contributed by atoms with van der Waals surface area (Å²) in [6, 6.07) is -1.03. The topological polar surface area (TPSA) is 175 Å². The van der Waals surface area contributed by atoms with Gasteiger partial charge in [0.25, 0.3) is 0 Å². The number of hydrogen-bond donors (Lipinski definition) is 6. The van der Waals surface area contributed by atoms with Gasteiger partial charge in [-0.15, -0.1) is 0 Å². The number of allylic oxidation sites excluding steroid dienone is 9. The van der Waals surface area contributed by atoms with E-state index >= 15 is 0 Å². The Morgan fingerprint density at radius 3 is 1.45 bits per heavy atom. The third-order valence-corrected chi connectivity index (χ3v) is 14.1. The second-order valence-corrected chi connectivity index (χ2v) is 21.1. The smallest absolute Gasteiger partial charge is 0.306 e. The van der Waals surface area contributed by atoms with Gasteiger partial charge in [-0.05, 0) is 89.9 Å². The number of rotatable bonds is 51. The van der Waals surface area contributed by atoms with Crippen LogP contribution < -0.4 is 5.32 Å². The Hall–Kier alpha value is -2.64. The molecule has 8 unspecified atom stereocenters. The van der Waals surface area contributed by atoms with Crippen LogP contribution in [0.4, 0.5) is 0 Å². The molecule has 0 aromatic rings. The molecule has 8 atom stereocenters. The number of aliphatic hydroxyl groups is 5. The third-order valence-electron chi connectivity index (χ3n) is 14.1. The minimum atomic E-state index is -1.62. The zero-order valence-corrected chi connectivity index (χ0v) is 47.5. The van der Waals surface area contributed by atoms with Gasteiger partial charge < -0.3 is 45.1 Å². The largest absolute Gasteiger partial charge is 0.454 e. The standard InChI is InChI=1S/C63H113NO10/c1-4-7-10-13-16-19-22-25-27-28-29-31-32-35-38-41-44-47-50-56(67)62(71)64-54(55(66)49-46-43-40-37-34-24-21-18-15-12-9-6-3)53-72-63-61(60(70)59(69)57(52-65)73-63)74-58(68)51-48-45-42-39-36-33-30-26-23-20-17-14-11-8-5-2/h16,19-20,23,25,27,29,31,46,49,54-57,59-61,63,65-67,69-70H,4-15,17-18,21-22,24,26,28,30,32-45,47-48,50-53H2,1-3H3,(H,64,71)/b19-16-,23-20-,27-25-,31-29-,49-46+. The summed E-state index contributed by atoms with van der Waals surface area (Å²) in [4.78, 5) is 26.5. The van der Waals surface area contributed by atoms with Crippen LogP contribution in [0.15, 0.2) is 60.8 Å². The van der Waals surface area contributed by atoms with Crippen LogP contribution in [-0.4, -0.2) is 99.6 Å². The lowest BCUT2D eigenvalue weighted by Crippen LogP contribution is -2.61. The number of hydrogen-bond acceptors (Lipinski definition) is 10. The normalized spacial score (nSPS) is 19.7. The lowest BCUT2D eigenvalue weighted by atomic mass is 9.99. The molecule has 0 radical (unpaired) electrons. The van der Waals surface area contributed by atoms with Gasteiger partial charge >= 0.3 is 5.97 Å². The predicted octanol–water partition coefficient (Wildman–Crippen LogP) is 14.2. The van der Waals surface area contributed by atoms with Crippen LogP contribution in [0.3, 0.4) is 0 Å². The molecule has 1 fully saturated rings. The van der Waals surface area contributed by atoms with Crippen molar-refractivity contribution in [1.29, 1.82) is 0 Å². The van der Waals surface area contributed by atoms with E-state index in [0.717, 1.165) is 96.3 Å². The van der Waals surface area contributed by atoms with Gasteiger partial charge in [0.2, 0.25) is 5.91 Å². The van der Waals surface area contributed by atoms with E-state index in [1.54, 1.807) is 6.08 Å². The summed E-state index contributed by atoms with van der Waals surface area (Å²) in [6.45, 7) is 5.74. The molecular weight excluding hydrogens is 931 g/mol. The molecule has 1 rings (SSSR count). The lowest BCUT2D eigenvalue weighted by molar-refractivity contribution is -0.305. The molecule has 1 amide bonds. The highest BCUT2D eigenvalue weighted by atomic mass is 16.7. The highest BCUT2D eigenvalue weighted by Gasteiger charge is 2.47. The Balaban J connectivity index is 2.71. The monoisotopic (exact) mass is 1040 g/mol. The van der Waals surface area contributed by atoms with E-state index in [4.69, 9.17) is 14.2 Å². The van der Waals surface area contributed by atoms with Crippen LogP contribution in [0, 0.1) is 0 Å². The molecule has 1 aliphatic rings. The molecular formula is C63H113NO10. The van der Waals surface area contributed by atoms with E-state index in [1.165, 1.54) is 122 Å². The molecule has 1 heterocycles. The van der Waals surface area contributed by atoms with E-state index < -0.39 is 67.4 Å². The van der Waals surface area contributed by atoms with Crippen LogP contribution >= 0.6 is 0 Å². The fourth-order valence-corrected chi connectivity index (χ4v) is 9.24. The molecule has 0 bridgehead atoms. The molecule has 74 heavy (non-hydrogen) atoms. The van der Waals surface area contributed by atoms with Gasteiger partial charge in [-0.25, -0.2) is 0 Å². The van der Waals surface area contributed by atoms with Gasteiger partial charge in [0, 0.05) is 6.42 Å². The maximum absolute atomic E-state index is 13.4. The van der Waals surface area contributed by atoms with Crippen molar-refractivity contribution < 1.29 is 49.3 Å². The first-order valence-corrected chi connectivity index (χ1v) is 30.6. The highest BCUT2D eigenvalue weighted by molar-refractivity contribution is 5.80.